The zero-order valence-corrected chi connectivity index (χ0v) is 20.7. The van der Waals surface area contributed by atoms with Crippen molar-refractivity contribution in [3.63, 3.8) is 0 Å². The van der Waals surface area contributed by atoms with E-state index in [1.54, 1.807) is 4.90 Å². The summed E-state index contributed by atoms with van der Waals surface area (Å²) < 4.78 is 29.0. The van der Waals surface area contributed by atoms with Crippen LogP contribution in [-0.2, 0) is 24.4 Å². The molecular weight excluding hydrogens is 462 g/mol. The lowest BCUT2D eigenvalue weighted by Gasteiger charge is -2.48. The van der Waals surface area contributed by atoms with Crippen LogP contribution in [0.3, 0.4) is 0 Å². The molecule has 2 saturated carbocycles. The number of hydrogen-bond acceptors (Lipinski definition) is 7. The van der Waals surface area contributed by atoms with Crippen molar-refractivity contribution in [3.8, 4) is 0 Å². The smallest absolute Gasteiger partial charge is 0.327 e. The van der Waals surface area contributed by atoms with E-state index < -0.39 is 33.3 Å². The van der Waals surface area contributed by atoms with Gasteiger partial charge in [-0.25, -0.2) is 17.9 Å². The highest BCUT2D eigenvalue weighted by atomic mass is 32.2. The van der Waals surface area contributed by atoms with Crippen molar-refractivity contribution in [2.75, 3.05) is 26.2 Å². The molecule has 3 aliphatic heterocycles. The van der Waals surface area contributed by atoms with Crippen molar-refractivity contribution < 1.29 is 27.6 Å². The molecule has 5 atom stereocenters. The minimum atomic E-state index is -3.60. The number of fused-ring (bicyclic) bond motifs is 1. The average Bonchev–Trinajstić information content (AvgIpc) is 3.30. The molecule has 4 amide bonds. The van der Waals surface area contributed by atoms with Gasteiger partial charge in [0.15, 0.2) is 0 Å². The zero-order chi connectivity index (χ0) is 24.3. The number of hydroxylamine groups is 1. The second-order valence-electron chi connectivity index (χ2n) is 10.9. The summed E-state index contributed by atoms with van der Waals surface area (Å²) in [7, 11) is -3.60. The summed E-state index contributed by atoms with van der Waals surface area (Å²) in [6, 6.07) is -0.838. The van der Waals surface area contributed by atoms with Crippen molar-refractivity contribution in [1.29, 1.82) is 0 Å². The Kier molecular flexibility index (Phi) is 6.14. The molecule has 5 unspecified atom stereocenters. The lowest BCUT2D eigenvalue weighted by atomic mass is 9.80. The molecule has 2 aliphatic carbocycles. The third-order valence-corrected chi connectivity index (χ3v) is 10.1. The van der Waals surface area contributed by atoms with Crippen molar-refractivity contribution in [1.82, 2.24) is 24.9 Å². The van der Waals surface area contributed by atoms with E-state index in [4.69, 9.17) is 4.84 Å². The zero-order valence-electron chi connectivity index (χ0n) is 19.9. The maximum absolute atomic E-state index is 13.5. The number of rotatable bonds is 7. The molecular formula is C22H35N5O6S. The summed E-state index contributed by atoms with van der Waals surface area (Å²) in [6.07, 6.45) is 3.76. The van der Waals surface area contributed by atoms with Crippen LogP contribution < -0.4 is 10.2 Å². The molecule has 11 nitrogen and oxygen atoms in total. The molecule has 0 spiro atoms. The van der Waals surface area contributed by atoms with E-state index in [1.807, 2.05) is 13.8 Å². The lowest BCUT2D eigenvalue weighted by molar-refractivity contribution is -0.146. The Bertz CT molecular complexity index is 965. The fourth-order valence-electron chi connectivity index (χ4n) is 5.53. The van der Waals surface area contributed by atoms with Gasteiger partial charge in [-0.2, -0.15) is 5.48 Å². The predicted octanol–water partition coefficient (Wildman–Crippen LogP) is 0.174. The first kappa shape index (κ1) is 24.0. The van der Waals surface area contributed by atoms with Crippen molar-refractivity contribution in [3.05, 3.63) is 0 Å². The number of nitrogens with one attached hydrogen (secondary N) is 2. The number of carbonyl (C=O) groups excluding carboxylic acids is 3. The molecule has 3 saturated heterocycles. The van der Waals surface area contributed by atoms with Gasteiger partial charge < -0.3 is 9.80 Å². The number of hydrogen-bond donors (Lipinski definition) is 2. The van der Waals surface area contributed by atoms with Crippen molar-refractivity contribution in [2.24, 2.45) is 5.92 Å². The van der Waals surface area contributed by atoms with E-state index >= 15 is 0 Å². The first-order valence-electron chi connectivity index (χ1n) is 12.4. The molecule has 5 fully saturated rings. The van der Waals surface area contributed by atoms with Gasteiger partial charge in [-0.15, -0.1) is 0 Å². The minimum Gasteiger partial charge on any atom is -0.341 e. The Morgan fingerprint density at radius 2 is 1.94 bits per heavy atom. The van der Waals surface area contributed by atoms with Crippen LogP contribution in [0, 0.1) is 5.92 Å². The summed E-state index contributed by atoms with van der Waals surface area (Å²) in [5.41, 5.74) is 2.48. The largest absolute Gasteiger partial charge is 0.341 e. The number of urea groups is 1. The highest BCUT2D eigenvalue weighted by Crippen LogP contribution is 2.40. The summed E-state index contributed by atoms with van der Waals surface area (Å²) in [5.74, 6) is -1.14. The molecule has 190 valence electrons. The Morgan fingerprint density at radius 3 is 2.53 bits per heavy atom. The van der Waals surface area contributed by atoms with E-state index in [9.17, 15) is 22.8 Å². The maximum atomic E-state index is 13.5. The first-order chi connectivity index (χ1) is 16.1. The summed E-state index contributed by atoms with van der Waals surface area (Å²) in [6.45, 7) is 5.21. The minimum absolute atomic E-state index is 0.0837. The molecule has 0 aromatic heterocycles. The lowest BCUT2D eigenvalue weighted by Crippen LogP contribution is -2.66. The van der Waals surface area contributed by atoms with Gasteiger partial charge in [0.05, 0.1) is 23.8 Å². The number of nitrogens with zero attached hydrogens (tertiary/aromatic N) is 3. The van der Waals surface area contributed by atoms with E-state index in [-0.39, 0.29) is 49.0 Å². The Hall–Kier alpha value is -1.76. The van der Waals surface area contributed by atoms with Crippen LogP contribution in [0.4, 0.5) is 4.79 Å². The van der Waals surface area contributed by atoms with Crippen LogP contribution in [0.25, 0.3) is 0 Å². The van der Waals surface area contributed by atoms with Crippen LogP contribution in [0.2, 0.25) is 0 Å². The van der Waals surface area contributed by atoms with E-state index in [0.717, 1.165) is 19.3 Å². The number of imide groups is 1. The SMILES string of the molecule is CC1CC(CN2C(=O)C3CC(S(=O)(=O)NC4(C)CC4)CCC3N(CC(=O)N3CCC3)C2=O)ON1. The van der Waals surface area contributed by atoms with E-state index in [0.29, 0.717) is 32.4 Å². The molecule has 0 radical (unpaired) electrons. The van der Waals surface area contributed by atoms with Gasteiger partial charge in [0.1, 0.15) is 6.54 Å². The number of amides is 4. The van der Waals surface area contributed by atoms with Crippen LogP contribution in [0.1, 0.15) is 58.8 Å². The van der Waals surface area contributed by atoms with Gasteiger partial charge in [0.25, 0.3) is 0 Å². The Labute approximate surface area is 200 Å². The molecule has 0 bridgehead atoms. The third kappa shape index (κ3) is 4.57. The van der Waals surface area contributed by atoms with Crippen LogP contribution in [0.15, 0.2) is 0 Å². The van der Waals surface area contributed by atoms with Gasteiger partial charge in [-0.05, 0) is 58.8 Å². The molecule has 0 aromatic rings. The molecule has 12 heteroatoms. The number of likely N-dealkylation sites (tertiary alicyclic amines) is 1. The van der Waals surface area contributed by atoms with Gasteiger partial charge in [-0.1, -0.05) is 0 Å². The van der Waals surface area contributed by atoms with Crippen LogP contribution in [-0.4, -0.2) is 96.1 Å². The van der Waals surface area contributed by atoms with Gasteiger partial charge >= 0.3 is 6.03 Å². The summed E-state index contributed by atoms with van der Waals surface area (Å²) >= 11 is 0. The molecule has 5 rings (SSSR count). The number of carbonyl (C=O) groups is 3. The Morgan fingerprint density at radius 1 is 1.21 bits per heavy atom. The molecule has 2 N–H and O–H groups in total. The van der Waals surface area contributed by atoms with Crippen molar-refractivity contribution >= 4 is 27.9 Å². The van der Waals surface area contributed by atoms with Crippen LogP contribution >= 0.6 is 0 Å². The molecule has 5 aliphatic rings. The van der Waals surface area contributed by atoms with E-state index in [2.05, 4.69) is 10.2 Å². The standard InChI is InChI=1S/C22H35N5O6S/c1-14-10-15(33-23-14)12-27-20(29)17-11-16(34(31,32)24-22(2)6-7-22)4-5-18(17)26(21(27)30)13-19(28)25-8-3-9-25/h14-18,23-24H,3-13H2,1-2H3. The van der Waals surface area contributed by atoms with Gasteiger partial charge in [-0.3, -0.25) is 19.3 Å². The van der Waals surface area contributed by atoms with Crippen LogP contribution in [0.5, 0.6) is 0 Å². The fourth-order valence-corrected chi connectivity index (χ4v) is 7.49. The second kappa shape index (κ2) is 8.72. The predicted molar refractivity (Wildman–Crippen MR) is 122 cm³/mol. The van der Waals surface area contributed by atoms with Gasteiger partial charge in [0.2, 0.25) is 21.8 Å². The fraction of sp³-hybridized carbons (Fsp3) is 0.864. The quantitative estimate of drug-likeness (QED) is 0.513. The third-order valence-electron chi connectivity index (χ3n) is 8.01. The normalized spacial score (nSPS) is 35.2. The monoisotopic (exact) mass is 497 g/mol. The molecule has 3 heterocycles. The maximum Gasteiger partial charge on any atom is 0.327 e. The van der Waals surface area contributed by atoms with Gasteiger partial charge in [0, 0.05) is 30.7 Å². The summed E-state index contributed by atoms with van der Waals surface area (Å²) in [4.78, 5) is 49.7. The van der Waals surface area contributed by atoms with Crippen molar-refractivity contribution in [2.45, 2.75) is 87.8 Å². The molecule has 0 aromatic carbocycles. The summed E-state index contributed by atoms with van der Waals surface area (Å²) in [5, 5.41) is -0.692. The molecule has 34 heavy (non-hydrogen) atoms. The highest BCUT2D eigenvalue weighted by molar-refractivity contribution is 7.90. The topological polar surface area (TPSA) is 128 Å². The van der Waals surface area contributed by atoms with E-state index in [1.165, 1.54) is 9.80 Å². The Balaban J connectivity index is 1.36. The second-order valence-corrected chi connectivity index (χ2v) is 12.9. The first-order valence-corrected chi connectivity index (χ1v) is 13.9. The number of sulfonamides is 1. The highest BCUT2D eigenvalue weighted by Gasteiger charge is 2.53. The average molecular weight is 498 g/mol.